The maximum Gasteiger partial charge on any atom is 0.238 e. The van der Waals surface area contributed by atoms with Crippen molar-refractivity contribution in [2.45, 2.75) is 26.2 Å². The second-order valence-electron chi connectivity index (χ2n) is 4.97. The molecule has 5 nitrogen and oxygen atoms in total. The van der Waals surface area contributed by atoms with Gasteiger partial charge in [-0.2, -0.15) is 0 Å². The third-order valence-corrected chi connectivity index (χ3v) is 3.35. The van der Waals surface area contributed by atoms with Crippen LogP contribution in [0.2, 0.25) is 0 Å². The molecule has 2 N–H and O–H groups in total. The molecule has 116 valence electrons. The average molecular weight is 312 g/mol. The van der Waals surface area contributed by atoms with Gasteiger partial charge in [0.05, 0.1) is 6.54 Å². The third kappa shape index (κ3) is 4.19. The summed E-state index contributed by atoms with van der Waals surface area (Å²) in [6.45, 7) is 3.10. The second-order valence-corrected chi connectivity index (χ2v) is 4.97. The summed E-state index contributed by atoms with van der Waals surface area (Å²) < 4.78 is 0. The van der Waals surface area contributed by atoms with Crippen LogP contribution in [0.3, 0.4) is 0 Å². The topological polar surface area (TPSA) is 61.4 Å². The molecule has 0 bridgehead atoms. The molecule has 0 fully saturated rings. The summed E-state index contributed by atoms with van der Waals surface area (Å²) in [6, 6.07) is 5.75. The molecule has 2 amide bonds. The first kappa shape index (κ1) is 17.5. The quantitative estimate of drug-likeness (QED) is 0.874. The number of hydrogen-bond acceptors (Lipinski definition) is 3. The number of aryl methyl sites for hydroxylation is 1. The Balaban J connectivity index is 0.00000220. The van der Waals surface area contributed by atoms with Crippen LogP contribution in [0.5, 0.6) is 0 Å². The lowest BCUT2D eigenvalue weighted by molar-refractivity contribution is -0.119. The minimum absolute atomic E-state index is 0. The standard InChI is InChI=1S/C15H21N3O2.ClH/c1-3-8-18-13-6-5-12(17-14(19)10-16-2)9-11(13)4-7-15(18)20;/h5-6,9,16H,3-4,7-8,10H2,1-2H3,(H,17,19);1H. The van der Waals surface area contributed by atoms with Gasteiger partial charge >= 0.3 is 0 Å². The second kappa shape index (κ2) is 8.00. The van der Waals surface area contributed by atoms with Gasteiger partial charge in [-0.3, -0.25) is 9.59 Å². The van der Waals surface area contributed by atoms with Gasteiger partial charge in [-0.05, 0) is 43.7 Å². The zero-order chi connectivity index (χ0) is 14.5. The van der Waals surface area contributed by atoms with Crippen LogP contribution in [0.25, 0.3) is 0 Å². The first-order valence-electron chi connectivity index (χ1n) is 7.03. The summed E-state index contributed by atoms with van der Waals surface area (Å²) in [5.74, 6) is 0.121. The lowest BCUT2D eigenvalue weighted by atomic mass is 10.00. The molecule has 0 saturated heterocycles. The summed E-state index contributed by atoms with van der Waals surface area (Å²) >= 11 is 0. The summed E-state index contributed by atoms with van der Waals surface area (Å²) in [4.78, 5) is 25.3. The van der Waals surface area contributed by atoms with E-state index in [9.17, 15) is 9.59 Å². The van der Waals surface area contributed by atoms with Crippen molar-refractivity contribution in [1.29, 1.82) is 0 Å². The number of anilines is 2. The summed E-state index contributed by atoms with van der Waals surface area (Å²) in [6.07, 6.45) is 2.22. The number of benzene rings is 1. The van der Waals surface area contributed by atoms with Gasteiger partial charge in [0.2, 0.25) is 11.8 Å². The Kier molecular flexibility index (Phi) is 6.65. The molecule has 6 heteroatoms. The molecule has 1 aromatic carbocycles. The zero-order valence-corrected chi connectivity index (χ0v) is 13.3. The third-order valence-electron chi connectivity index (χ3n) is 3.35. The number of hydrogen-bond donors (Lipinski definition) is 2. The first-order chi connectivity index (χ1) is 9.65. The van der Waals surface area contributed by atoms with Crippen LogP contribution >= 0.6 is 12.4 Å². The highest BCUT2D eigenvalue weighted by Crippen LogP contribution is 2.30. The lowest BCUT2D eigenvalue weighted by Crippen LogP contribution is -2.35. The van der Waals surface area contributed by atoms with Gasteiger partial charge in [0.15, 0.2) is 0 Å². The smallest absolute Gasteiger partial charge is 0.238 e. The highest BCUT2D eigenvalue weighted by atomic mass is 35.5. The van der Waals surface area contributed by atoms with Gasteiger partial charge < -0.3 is 15.5 Å². The van der Waals surface area contributed by atoms with E-state index < -0.39 is 0 Å². The van der Waals surface area contributed by atoms with Crippen LogP contribution in [0.1, 0.15) is 25.3 Å². The number of likely N-dealkylation sites (N-methyl/N-ethyl adjacent to an activating group) is 1. The van der Waals surface area contributed by atoms with Gasteiger partial charge in [-0.1, -0.05) is 6.92 Å². The minimum atomic E-state index is -0.0650. The fourth-order valence-electron chi connectivity index (χ4n) is 2.47. The summed E-state index contributed by atoms with van der Waals surface area (Å²) in [5.41, 5.74) is 2.89. The number of nitrogens with one attached hydrogen (secondary N) is 2. The molecule has 1 heterocycles. The van der Waals surface area contributed by atoms with E-state index in [2.05, 4.69) is 17.6 Å². The van der Waals surface area contributed by atoms with Crippen LogP contribution in [0.15, 0.2) is 18.2 Å². The molecule has 0 unspecified atom stereocenters. The molecule has 0 aromatic heterocycles. The Morgan fingerprint density at radius 2 is 2.10 bits per heavy atom. The van der Waals surface area contributed by atoms with Crippen LogP contribution in [-0.4, -0.2) is 32.0 Å². The van der Waals surface area contributed by atoms with Crippen molar-refractivity contribution in [3.8, 4) is 0 Å². The van der Waals surface area contributed by atoms with E-state index in [4.69, 9.17) is 0 Å². The molecule has 0 spiro atoms. The fourth-order valence-corrected chi connectivity index (χ4v) is 2.47. The van der Waals surface area contributed by atoms with E-state index in [0.29, 0.717) is 6.42 Å². The fraction of sp³-hybridized carbons (Fsp3) is 0.467. The zero-order valence-electron chi connectivity index (χ0n) is 12.4. The number of nitrogens with zero attached hydrogens (tertiary/aromatic N) is 1. The number of amides is 2. The van der Waals surface area contributed by atoms with E-state index in [0.717, 1.165) is 36.3 Å². The maximum absolute atomic E-state index is 11.9. The molecule has 0 radical (unpaired) electrons. The molecular weight excluding hydrogens is 290 g/mol. The van der Waals surface area contributed by atoms with Crippen LogP contribution in [0.4, 0.5) is 11.4 Å². The van der Waals surface area contributed by atoms with Gasteiger partial charge in [0, 0.05) is 24.3 Å². The van der Waals surface area contributed by atoms with Gasteiger partial charge in [-0.25, -0.2) is 0 Å². The predicted octanol–water partition coefficient (Wildman–Crippen LogP) is 1.96. The van der Waals surface area contributed by atoms with Crippen molar-refractivity contribution >= 4 is 35.6 Å². The van der Waals surface area contributed by atoms with Crippen molar-refractivity contribution in [3.05, 3.63) is 23.8 Å². The average Bonchev–Trinajstić information content (AvgIpc) is 2.42. The van der Waals surface area contributed by atoms with E-state index >= 15 is 0 Å². The molecule has 1 aromatic rings. The summed E-state index contributed by atoms with van der Waals surface area (Å²) in [5, 5.41) is 5.66. The molecule has 1 aliphatic heterocycles. The van der Waals surface area contributed by atoms with E-state index in [1.54, 1.807) is 7.05 Å². The summed E-state index contributed by atoms with van der Waals surface area (Å²) in [7, 11) is 1.74. The van der Waals surface area contributed by atoms with Crippen LogP contribution in [-0.2, 0) is 16.0 Å². The highest BCUT2D eigenvalue weighted by molar-refractivity contribution is 5.97. The number of carbonyl (C=O) groups excluding carboxylic acids is 2. The van der Waals surface area contributed by atoms with Crippen molar-refractivity contribution in [3.63, 3.8) is 0 Å². The Morgan fingerprint density at radius 1 is 1.33 bits per heavy atom. The van der Waals surface area contributed by atoms with E-state index in [1.165, 1.54) is 0 Å². The largest absolute Gasteiger partial charge is 0.325 e. The molecule has 1 aliphatic rings. The Labute approximate surface area is 131 Å². The Morgan fingerprint density at radius 3 is 2.76 bits per heavy atom. The maximum atomic E-state index is 11.9. The molecule has 0 saturated carbocycles. The van der Waals surface area contributed by atoms with Crippen molar-refractivity contribution < 1.29 is 9.59 Å². The number of halogens is 1. The predicted molar refractivity (Wildman–Crippen MR) is 87.2 cm³/mol. The number of carbonyl (C=O) groups is 2. The van der Waals surface area contributed by atoms with E-state index in [-0.39, 0.29) is 30.8 Å². The molecule has 21 heavy (non-hydrogen) atoms. The van der Waals surface area contributed by atoms with E-state index in [1.807, 2.05) is 23.1 Å². The molecule has 0 aliphatic carbocycles. The van der Waals surface area contributed by atoms with Crippen LogP contribution < -0.4 is 15.5 Å². The molecule has 0 atom stereocenters. The van der Waals surface area contributed by atoms with Gasteiger partial charge in [-0.15, -0.1) is 12.4 Å². The Hall–Kier alpha value is -1.59. The van der Waals surface area contributed by atoms with Crippen LogP contribution in [0, 0.1) is 0 Å². The normalized spacial score (nSPS) is 13.4. The number of rotatable bonds is 5. The lowest BCUT2D eigenvalue weighted by Gasteiger charge is -2.29. The van der Waals surface area contributed by atoms with Crippen molar-refractivity contribution in [1.82, 2.24) is 5.32 Å². The monoisotopic (exact) mass is 311 g/mol. The van der Waals surface area contributed by atoms with Crippen molar-refractivity contribution in [2.24, 2.45) is 0 Å². The minimum Gasteiger partial charge on any atom is -0.325 e. The molecule has 2 rings (SSSR count). The highest BCUT2D eigenvalue weighted by Gasteiger charge is 2.23. The van der Waals surface area contributed by atoms with Gasteiger partial charge in [0.25, 0.3) is 0 Å². The molecular formula is C15H22ClN3O2. The van der Waals surface area contributed by atoms with Crippen molar-refractivity contribution in [2.75, 3.05) is 30.4 Å². The van der Waals surface area contributed by atoms with Gasteiger partial charge in [0.1, 0.15) is 0 Å². The number of fused-ring (bicyclic) bond motifs is 1. The first-order valence-corrected chi connectivity index (χ1v) is 7.03. The SMILES string of the molecule is CCCN1C(=O)CCc2cc(NC(=O)CNC)ccc21.Cl. The Bertz CT molecular complexity index is 520.